The summed E-state index contributed by atoms with van der Waals surface area (Å²) in [6.07, 6.45) is 2.62. The smallest absolute Gasteiger partial charge is 0.319 e. The number of aliphatic hydroxyl groups is 1. The molecule has 1 rings (SSSR count). The van der Waals surface area contributed by atoms with Crippen LogP contribution in [0.25, 0.3) is 0 Å². The van der Waals surface area contributed by atoms with E-state index in [2.05, 4.69) is 10.6 Å². The van der Waals surface area contributed by atoms with Gasteiger partial charge >= 0.3 is 6.03 Å². The Morgan fingerprint density at radius 1 is 1.24 bits per heavy atom. The monoisotopic (exact) mass is 236 g/mol. The second-order valence-electron chi connectivity index (χ2n) is 3.98. The SMILES string of the molecule is Cc1ccccc1NC(=O)NCCCCCO. The second-order valence-corrected chi connectivity index (χ2v) is 3.98. The number of hydrogen-bond acceptors (Lipinski definition) is 2. The van der Waals surface area contributed by atoms with Crippen LogP contribution in [0.2, 0.25) is 0 Å². The molecule has 17 heavy (non-hydrogen) atoms. The molecular weight excluding hydrogens is 216 g/mol. The zero-order chi connectivity index (χ0) is 12.5. The van der Waals surface area contributed by atoms with Gasteiger partial charge in [0.05, 0.1) is 0 Å². The van der Waals surface area contributed by atoms with Gasteiger partial charge in [0.1, 0.15) is 0 Å². The van der Waals surface area contributed by atoms with E-state index < -0.39 is 0 Å². The van der Waals surface area contributed by atoms with E-state index in [-0.39, 0.29) is 12.6 Å². The molecule has 0 aliphatic rings. The number of unbranched alkanes of at least 4 members (excludes halogenated alkanes) is 2. The van der Waals surface area contributed by atoms with E-state index in [0.717, 1.165) is 30.5 Å². The fourth-order valence-electron chi connectivity index (χ4n) is 1.50. The molecule has 2 amide bonds. The molecule has 0 spiro atoms. The Hall–Kier alpha value is -1.55. The van der Waals surface area contributed by atoms with Crippen LogP contribution in [-0.2, 0) is 0 Å². The molecule has 4 heteroatoms. The van der Waals surface area contributed by atoms with Crippen LogP contribution in [0.15, 0.2) is 24.3 Å². The Morgan fingerprint density at radius 3 is 2.71 bits per heavy atom. The molecular formula is C13H20N2O2. The summed E-state index contributed by atoms with van der Waals surface area (Å²) < 4.78 is 0. The normalized spacial score (nSPS) is 10.0. The van der Waals surface area contributed by atoms with Crippen LogP contribution in [0.3, 0.4) is 0 Å². The van der Waals surface area contributed by atoms with Crippen LogP contribution >= 0.6 is 0 Å². The van der Waals surface area contributed by atoms with Gasteiger partial charge in [-0.05, 0) is 37.8 Å². The van der Waals surface area contributed by atoms with Gasteiger partial charge in [0.15, 0.2) is 0 Å². The van der Waals surface area contributed by atoms with Crippen molar-refractivity contribution in [2.75, 3.05) is 18.5 Å². The average molecular weight is 236 g/mol. The zero-order valence-electron chi connectivity index (χ0n) is 10.2. The standard InChI is InChI=1S/C13H20N2O2/c1-11-7-3-4-8-12(11)15-13(17)14-9-5-2-6-10-16/h3-4,7-8,16H,2,5-6,9-10H2,1H3,(H2,14,15,17). The molecule has 0 atom stereocenters. The van der Waals surface area contributed by atoms with Crippen LogP contribution in [0.4, 0.5) is 10.5 Å². The molecule has 0 unspecified atom stereocenters. The first kappa shape index (κ1) is 13.5. The maximum Gasteiger partial charge on any atom is 0.319 e. The Balaban J connectivity index is 2.23. The zero-order valence-corrected chi connectivity index (χ0v) is 10.2. The van der Waals surface area contributed by atoms with Crippen LogP contribution in [0, 0.1) is 6.92 Å². The highest BCUT2D eigenvalue weighted by Gasteiger charge is 2.02. The lowest BCUT2D eigenvalue weighted by atomic mass is 10.2. The van der Waals surface area contributed by atoms with Gasteiger partial charge in [0.2, 0.25) is 0 Å². The highest BCUT2D eigenvalue weighted by molar-refractivity contribution is 5.89. The molecule has 0 fully saturated rings. The molecule has 1 aromatic carbocycles. The number of hydrogen-bond donors (Lipinski definition) is 3. The number of rotatable bonds is 6. The molecule has 0 saturated carbocycles. The van der Waals surface area contributed by atoms with Crippen molar-refractivity contribution in [3.8, 4) is 0 Å². The summed E-state index contributed by atoms with van der Waals surface area (Å²) >= 11 is 0. The largest absolute Gasteiger partial charge is 0.396 e. The van der Waals surface area contributed by atoms with Gasteiger partial charge in [-0.25, -0.2) is 4.79 Å². The third kappa shape index (κ3) is 5.36. The lowest BCUT2D eigenvalue weighted by Crippen LogP contribution is -2.29. The minimum absolute atomic E-state index is 0.178. The second kappa shape index (κ2) is 7.68. The Bertz CT molecular complexity index is 353. The molecule has 1 aromatic rings. The number of urea groups is 1. The van der Waals surface area contributed by atoms with Crippen molar-refractivity contribution in [3.05, 3.63) is 29.8 Å². The van der Waals surface area contributed by atoms with Gasteiger partial charge in [-0.1, -0.05) is 18.2 Å². The first-order chi connectivity index (χ1) is 8.24. The summed E-state index contributed by atoms with van der Waals surface area (Å²) in [5.41, 5.74) is 1.88. The van der Waals surface area contributed by atoms with E-state index in [9.17, 15) is 4.79 Å². The molecule has 4 nitrogen and oxygen atoms in total. The highest BCUT2D eigenvalue weighted by atomic mass is 16.2. The molecule has 0 aromatic heterocycles. The fraction of sp³-hybridized carbons (Fsp3) is 0.462. The summed E-state index contributed by atoms with van der Waals surface area (Å²) in [6, 6.07) is 7.48. The summed E-state index contributed by atoms with van der Waals surface area (Å²) in [6.45, 7) is 2.81. The fourth-order valence-corrected chi connectivity index (χ4v) is 1.50. The predicted molar refractivity (Wildman–Crippen MR) is 69.1 cm³/mol. The van der Waals surface area contributed by atoms with Gasteiger partial charge in [-0.3, -0.25) is 0 Å². The molecule has 3 N–H and O–H groups in total. The predicted octanol–water partition coefficient (Wildman–Crippen LogP) is 2.28. The van der Waals surface area contributed by atoms with Crippen LogP contribution in [-0.4, -0.2) is 24.3 Å². The van der Waals surface area contributed by atoms with E-state index in [1.165, 1.54) is 0 Å². The molecule has 0 aliphatic heterocycles. The number of para-hydroxylation sites is 1. The third-order valence-electron chi connectivity index (χ3n) is 2.51. The first-order valence-corrected chi connectivity index (χ1v) is 5.95. The number of aryl methyl sites for hydroxylation is 1. The third-order valence-corrected chi connectivity index (χ3v) is 2.51. The van der Waals surface area contributed by atoms with Crippen molar-refractivity contribution in [2.45, 2.75) is 26.2 Å². The maximum atomic E-state index is 11.5. The van der Waals surface area contributed by atoms with Crippen molar-refractivity contribution in [1.29, 1.82) is 0 Å². The van der Waals surface area contributed by atoms with Gasteiger partial charge in [-0.2, -0.15) is 0 Å². The van der Waals surface area contributed by atoms with Crippen molar-refractivity contribution < 1.29 is 9.90 Å². The average Bonchev–Trinajstić information content (AvgIpc) is 2.32. The minimum Gasteiger partial charge on any atom is -0.396 e. The van der Waals surface area contributed by atoms with Crippen LogP contribution < -0.4 is 10.6 Å². The Morgan fingerprint density at radius 2 is 2.00 bits per heavy atom. The van der Waals surface area contributed by atoms with E-state index >= 15 is 0 Å². The summed E-state index contributed by atoms with van der Waals surface area (Å²) in [4.78, 5) is 11.5. The lowest BCUT2D eigenvalue weighted by Gasteiger charge is -2.09. The van der Waals surface area contributed by atoms with E-state index in [1.807, 2.05) is 31.2 Å². The number of aliphatic hydroxyl groups excluding tert-OH is 1. The molecule has 0 bridgehead atoms. The minimum atomic E-state index is -0.178. The van der Waals surface area contributed by atoms with Gasteiger partial charge in [-0.15, -0.1) is 0 Å². The number of nitrogens with one attached hydrogen (secondary N) is 2. The number of amides is 2. The topological polar surface area (TPSA) is 61.4 Å². The Kier molecular flexibility index (Phi) is 6.10. The maximum absolute atomic E-state index is 11.5. The molecule has 94 valence electrons. The van der Waals surface area contributed by atoms with Gasteiger partial charge in [0, 0.05) is 18.8 Å². The number of anilines is 1. The van der Waals surface area contributed by atoms with Crippen molar-refractivity contribution in [3.63, 3.8) is 0 Å². The molecule has 0 saturated heterocycles. The number of carbonyl (C=O) groups is 1. The molecule has 0 radical (unpaired) electrons. The summed E-state index contributed by atoms with van der Waals surface area (Å²) in [5.74, 6) is 0. The van der Waals surface area contributed by atoms with Crippen molar-refractivity contribution in [2.24, 2.45) is 0 Å². The lowest BCUT2D eigenvalue weighted by molar-refractivity contribution is 0.251. The quantitative estimate of drug-likeness (QED) is 0.663. The van der Waals surface area contributed by atoms with Crippen LogP contribution in [0.5, 0.6) is 0 Å². The van der Waals surface area contributed by atoms with E-state index in [4.69, 9.17) is 5.11 Å². The van der Waals surface area contributed by atoms with E-state index in [1.54, 1.807) is 0 Å². The summed E-state index contributed by atoms with van der Waals surface area (Å²) in [5, 5.41) is 14.2. The molecule has 0 aliphatic carbocycles. The van der Waals surface area contributed by atoms with Gasteiger partial charge < -0.3 is 15.7 Å². The number of benzene rings is 1. The first-order valence-electron chi connectivity index (χ1n) is 5.95. The Labute approximate surface area is 102 Å². The number of carbonyl (C=O) groups excluding carboxylic acids is 1. The van der Waals surface area contributed by atoms with E-state index in [0.29, 0.717) is 6.54 Å². The van der Waals surface area contributed by atoms with Crippen molar-refractivity contribution >= 4 is 11.7 Å². The molecule has 0 heterocycles. The van der Waals surface area contributed by atoms with Crippen molar-refractivity contribution in [1.82, 2.24) is 5.32 Å². The van der Waals surface area contributed by atoms with Crippen LogP contribution in [0.1, 0.15) is 24.8 Å². The highest BCUT2D eigenvalue weighted by Crippen LogP contribution is 2.12. The van der Waals surface area contributed by atoms with Gasteiger partial charge in [0.25, 0.3) is 0 Å². The summed E-state index contributed by atoms with van der Waals surface area (Å²) in [7, 11) is 0.